The Hall–Kier alpha value is -2.44. The van der Waals surface area contributed by atoms with Crippen molar-refractivity contribution in [1.82, 2.24) is 9.80 Å². The van der Waals surface area contributed by atoms with Gasteiger partial charge >= 0.3 is 0 Å². The highest BCUT2D eigenvalue weighted by Gasteiger charge is 2.24. The van der Waals surface area contributed by atoms with Crippen LogP contribution in [0.4, 0.5) is 17.1 Å². The maximum absolute atomic E-state index is 6.27. The molecule has 1 N–H and O–H groups in total. The molecule has 8 heteroatoms. The molecule has 3 aromatic rings. The first-order chi connectivity index (χ1) is 16.2. The molecule has 0 aromatic heterocycles. The average molecular weight is 518 g/mol. The number of halogens is 3. The van der Waals surface area contributed by atoms with Gasteiger partial charge in [-0.2, -0.15) is 0 Å². The molecule has 1 saturated heterocycles. The minimum Gasteiger partial charge on any atom is -0.494 e. The van der Waals surface area contributed by atoms with Crippen molar-refractivity contribution in [2.75, 3.05) is 44.6 Å². The number of aliphatic imine (C=N–C) groups is 1. The topological polar surface area (TPSA) is 40.1 Å². The lowest BCUT2D eigenvalue weighted by atomic mass is 10.1. The molecule has 2 aliphatic rings. The van der Waals surface area contributed by atoms with Gasteiger partial charge in [-0.05, 0) is 61.0 Å². The molecule has 0 aliphatic carbocycles. The third-order valence-electron chi connectivity index (χ3n) is 6.00. The molecule has 178 valence electrons. The Bertz CT molecular complexity index is 1150. The Labute approximate surface area is 216 Å². The molecule has 0 saturated carbocycles. The molecule has 5 rings (SSSR count). The van der Waals surface area contributed by atoms with E-state index in [9.17, 15) is 0 Å². The first-order valence-corrected chi connectivity index (χ1v) is 12.0. The highest BCUT2D eigenvalue weighted by Crippen LogP contribution is 2.36. The Kier molecular flexibility index (Phi) is 8.22. The number of nitrogens with one attached hydrogen (secondary N) is 1. The summed E-state index contributed by atoms with van der Waals surface area (Å²) in [6.07, 6.45) is 0.988. The zero-order valence-electron chi connectivity index (χ0n) is 18.7. The minimum absolute atomic E-state index is 0. The molecular weight excluding hydrogens is 491 g/mol. The fourth-order valence-corrected chi connectivity index (χ4v) is 4.54. The van der Waals surface area contributed by atoms with E-state index in [1.807, 2.05) is 42.5 Å². The average Bonchev–Trinajstić information content (AvgIpc) is 3.00. The number of anilines is 2. The predicted molar refractivity (Wildman–Crippen MR) is 144 cm³/mol. The molecule has 34 heavy (non-hydrogen) atoms. The summed E-state index contributed by atoms with van der Waals surface area (Å²) in [4.78, 5) is 9.93. The molecule has 2 heterocycles. The van der Waals surface area contributed by atoms with Crippen molar-refractivity contribution in [3.63, 3.8) is 0 Å². The zero-order chi connectivity index (χ0) is 22.6. The second-order valence-electron chi connectivity index (χ2n) is 8.25. The summed E-state index contributed by atoms with van der Waals surface area (Å²) < 4.78 is 5.83. The predicted octanol–water partition coefficient (Wildman–Crippen LogP) is 6.64. The van der Waals surface area contributed by atoms with Crippen molar-refractivity contribution in [2.45, 2.75) is 6.42 Å². The van der Waals surface area contributed by atoms with Gasteiger partial charge in [-0.3, -0.25) is 4.90 Å². The number of amidine groups is 1. The van der Waals surface area contributed by atoms with Crippen molar-refractivity contribution in [1.29, 1.82) is 0 Å². The van der Waals surface area contributed by atoms with Gasteiger partial charge < -0.3 is 15.0 Å². The van der Waals surface area contributed by atoms with Crippen molar-refractivity contribution >= 4 is 58.5 Å². The van der Waals surface area contributed by atoms with Crippen LogP contribution >= 0.6 is 35.6 Å². The summed E-state index contributed by atoms with van der Waals surface area (Å²) in [6.45, 7) is 5.58. The Morgan fingerprint density at radius 1 is 0.853 bits per heavy atom. The summed E-state index contributed by atoms with van der Waals surface area (Å²) >= 11 is 12.2. The Balaban J connectivity index is 0.00000274. The van der Waals surface area contributed by atoms with Crippen LogP contribution in [0.25, 0.3) is 0 Å². The number of benzene rings is 3. The van der Waals surface area contributed by atoms with E-state index < -0.39 is 0 Å². The van der Waals surface area contributed by atoms with Gasteiger partial charge in [0.2, 0.25) is 0 Å². The molecule has 0 radical (unpaired) electrons. The number of fused-ring (bicyclic) bond motifs is 2. The lowest BCUT2D eigenvalue weighted by Crippen LogP contribution is -2.49. The summed E-state index contributed by atoms with van der Waals surface area (Å²) in [5.74, 6) is 1.87. The Morgan fingerprint density at radius 3 is 2.38 bits per heavy atom. The quantitative estimate of drug-likeness (QED) is 0.385. The van der Waals surface area contributed by atoms with Gasteiger partial charge in [-0.25, -0.2) is 4.99 Å². The molecule has 0 bridgehead atoms. The third kappa shape index (κ3) is 5.78. The van der Waals surface area contributed by atoms with Crippen molar-refractivity contribution in [3.05, 3.63) is 82.3 Å². The second kappa shape index (κ2) is 11.3. The van der Waals surface area contributed by atoms with Crippen LogP contribution in [0.5, 0.6) is 5.75 Å². The molecular formula is C26H27Cl3N4O. The third-order valence-corrected chi connectivity index (χ3v) is 6.48. The number of nitrogens with zero attached hydrogens (tertiary/aromatic N) is 3. The summed E-state index contributed by atoms with van der Waals surface area (Å²) in [5.41, 5.74) is 4.03. The van der Waals surface area contributed by atoms with E-state index in [1.165, 1.54) is 0 Å². The number of piperazine rings is 1. The van der Waals surface area contributed by atoms with Crippen LogP contribution in [-0.4, -0.2) is 55.0 Å². The lowest BCUT2D eigenvalue weighted by Gasteiger charge is -2.36. The second-order valence-corrected chi connectivity index (χ2v) is 9.12. The zero-order valence-corrected chi connectivity index (χ0v) is 21.0. The molecule has 0 atom stereocenters. The van der Waals surface area contributed by atoms with Crippen molar-refractivity contribution in [2.24, 2.45) is 4.99 Å². The number of rotatable bonds is 5. The van der Waals surface area contributed by atoms with Crippen molar-refractivity contribution < 1.29 is 4.74 Å². The maximum atomic E-state index is 6.27. The van der Waals surface area contributed by atoms with E-state index in [4.69, 9.17) is 32.9 Å². The van der Waals surface area contributed by atoms with Crippen molar-refractivity contribution in [3.8, 4) is 5.75 Å². The van der Waals surface area contributed by atoms with E-state index in [0.717, 1.165) is 78.4 Å². The number of para-hydroxylation sites is 1. The number of hydrogen-bond acceptors (Lipinski definition) is 5. The molecule has 1 fully saturated rings. The van der Waals surface area contributed by atoms with Crippen LogP contribution < -0.4 is 10.1 Å². The van der Waals surface area contributed by atoms with Gasteiger partial charge in [-0.1, -0.05) is 35.3 Å². The molecule has 5 nitrogen and oxygen atoms in total. The van der Waals surface area contributed by atoms with Crippen LogP contribution in [0.2, 0.25) is 10.0 Å². The molecule has 0 amide bonds. The summed E-state index contributed by atoms with van der Waals surface area (Å²) in [6, 6.07) is 21.7. The minimum atomic E-state index is 0. The molecule has 0 spiro atoms. The van der Waals surface area contributed by atoms with Gasteiger partial charge in [0.15, 0.2) is 0 Å². The van der Waals surface area contributed by atoms with Gasteiger partial charge in [0.1, 0.15) is 11.6 Å². The number of hydrogen-bond donors (Lipinski definition) is 1. The van der Waals surface area contributed by atoms with Crippen LogP contribution in [0.1, 0.15) is 12.0 Å². The van der Waals surface area contributed by atoms with Gasteiger partial charge in [0, 0.05) is 54.0 Å². The van der Waals surface area contributed by atoms with Crippen LogP contribution in [0.15, 0.2) is 71.7 Å². The molecule has 2 aliphatic heterocycles. The first kappa shape index (κ1) is 24.7. The highest BCUT2D eigenvalue weighted by molar-refractivity contribution is 6.31. The smallest absolute Gasteiger partial charge is 0.138 e. The standard InChI is InChI=1S/C26H26Cl2N4O.ClH/c27-19-6-9-21(10-7-19)33-17-3-12-31-13-15-32(16-14-31)26-22-4-1-2-5-23(22)29-24-11-8-20(28)18-25(24)30-26;/h1-2,4-11,18,29H,3,12-17H2;1H. The Morgan fingerprint density at radius 2 is 1.59 bits per heavy atom. The summed E-state index contributed by atoms with van der Waals surface area (Å²) in [5, 5.41) is 4.94. The SMILES string of the molecule is Cl.Clc1ccc(OCCCN2CCN(C3=Nc4cc(Cl)ccc4Nc4ccccc43)CC2)cc1. The maximum Gasteiger partial charge on any atom is 0.138 e. The van der Waals surface area contributed by atoms with Gasteiger partial charge in [0.05, 0.1) is 18.0 Å². The fourth-order valence-electron chi connectivity index (χ4n) is 4.24. The normalized spacial score (nSPS) is 15.2. The van der Waals surface area contributed by atoms with Gasteiger partial charge in [0.25, 0.3) is 0 Å². The van der Waals surface area contributed by atoms with E-state index in [1.54, 1.807) is 0 Å². The van der Waals surface area contributed by atoms with E-state index in [0.29, 0.717) is 11.6 Å². The molecule has 3 aromatic carbocycles. The fraction of sp³-hybridized carbons (Fsp3) is 0.269. The summed E-state index contributed by atoms with van der Waals surface area (Å²) in [7, 11) is 0. The largest absolute Gasteiger partial charge is 0.494 e. The van der Waals surface area contributed by atoms with Crippen LogP contribution in [0.3, 0.4) is 0 Å². The van der Waals surface area contributed by atoms with E-state index in [-0.39, 0.29) is 12.4 Å². The monoisotopic (exact) mass is 516 g/mol. The first-order valence-electron chi connectivity index (χ1n) is 11.3. The molecule has 0 unspecified atom stereocenters. The van der Waals surface area contributed by atoms with Crippen LogP contribution in [0, 0.1) is 0 Å². The van der Waals surface area contributed by atoms with Crippen LogP contribution in [-0.2, 0) is 0 Å². The van der Waals surface area contributed by atoms with E-state index >= 15 is 0 Å². The van der Waals surface area contributed by atoms with E-state index in [2.05, 4.69) is 39.4 Å². The van der Waals surface area contributed by atoms with Gasteiger partial charge in [-0.15, -0.1) is 12.4 Å². The highest BCUT2D eigenvalue weighted by atomic mass is 35.5. The number of ether oxygens (including phenoxy) is 1. The lowest BCUT2D eigenvalue weighted by molar-refractivity contribution is 0.170.